The zero-order valence-electron chi connectivity index (χ0n) is 24.6. The zero-order chi connectivity index (χ0) is 28.5. The standard InChI is InChI=1S/C33H45BrClN5O/c1-22(2)30-21-39(15-16-40(30)31(41)17-23-7-11-36-12-8-23)28-9-13-38(14-10-28)33-29-6-5-27(35)19-24(29)3-4-25-18-26(34)20-37-32(25)33/h5-6,18-20,22-23,28,30,33,36H,3-4,7-17,21H2,1-2H3. The number of piperazine rings is 1. The molecule has 3 saturated heterocycles. The number of hydrogen-bond donors (Lipinski definition) is 1. The Labute approximate surface area is 259 Å². The fourth-order valence-electron chi connectivity index (χ4n) is 7.79. The quantitative estimate of drug-likeness (QED) is 0.453. The van der Waals surface area contributed by atoms with Gasteiger partial charge in [0, 0.05) is 66.9 Å². The van der Waals surface area contributed by atoms with Gasteiger partial charge in [-0.15, -0.1) is 0 Å². The lowest BCUT2D eigenvalue weighted by molar-refractivity contribution is -0.139. The van der Waals surface area contributed by atoms with E-state index in [9.17, 15) is 4.79 Å². The highest BCUT2D eigenvalue weighted by Crippen LogP contribution is 2.39. The molecule has 222 valence electrons. The van der Waals surface area contributed by atoms with Gasteiger partial charge < -0.3 is 10.2 Å². The molecule has 3 aliphatic heterocycles. The second-order valence-electron chi connectivity index (χ2n) is 13.0. The molecule has 0 radical (unpaired) electrons. The van der Waals surface area contributed by atoms with E-state index in [0.717, 1.165) is 100 Å². The van der Waals surface area contributed by atoms with Crippen molar-refractivity contribution in [2.45, 2.75) is 76.9 Å². The molecule has 2 unspecified atom stereocenters. The van der Waals surface area contributed by atoms with E-state index in [4.69, 9.17) is 16.6 Å². The number of carbonyl (C=O) groups is 1. The summed E-state index contributed by atoms with van der Waals surface area (Å²) in [6.07, 6.45) is 9.22. The van der Waals surface area contributed by atoms with Gasteiger partial charge in [0.25, 0.3) is 0 Å². The van der Waals surface area contributed by atoms with Crippen LogP contribution in [-0.2, 0) is 17.6 Å². The van der Waals surface area contributed by atoms with Gasteiger partial charge >= 0.3 is 0 Å². The summed E-state index contributed by atoms with van der Waals surface area (Å²) in [4.78, 5) is 26.0. The highest BCUT2D eigenvalue weighted by molar-refractivity contribution is 9.10. The number of amides is 1. The van der Waals surface area contributed by atoms with Crippen LogP contribution >= 0.6 is 27.5 Å². The van der Waals surface area contributed by atoms with Crippen molar-refractivity contribution in [2.24, 2.45) is 11.8 Å². The van der Waals surface area contributed by atoms with Crippen molar-refractivity contribution in [3.05, 3.63) is 62.3 Å². The van der Waals surface area contributed by atoms with Crippen molar-refractivity contribution >= 4 is 33.4 Å². The number of halogens is 2. The molecular formula is C33H45BrClN5O. The average molecular weight is 643 g/mol. The Balaban J connectivity index is 1.13. The predicted molar refractivity (Wildman–Crippen MR) is 169 cm³/mol. The Morgan fingerprint density at radius 1 is 1.02 bits per heavy atom. The summed E-state index contributed by atoms with van der Waals surface area (Å²) in [7, 11) is 0. The van der Waals surface area contributed by atoms with Crippen molar-refractivity contribution < 1.29 is 4.79 Å². The first-order valence-electron chi connectivity index (χ1n) is 15.8. The van der Waals surface area contributed by atoms with Gasteiger partial charge in [-0.3, -0.25) is 19.6 Å². The minimum atomic E-state index is 0.168. The molecule has 1 aromatic carbocycles. The smallest absolute Gasteiger partial charge is 0.223 e. The Morgan fingerprint density at radius 2 is 1.78 bits per heavy atom. The molecule has 41 heavy (non-hydrogen) atoms. The predicted octanol–water partition coefficient (Wildman–Crippen LogP) is 5.71. The molecule has 2 atom stereocenters. The van der Waals surface area contributed by atoms with Gasteiger partial charge in [0.15, 0.2) is 0 Å². The molecule has 8 heteroatoms. The Bertz CT molecular complexity index is 1170. The van der Waals surface area contributed by atoms with Gasteiger partial charge in [-0.2, -0.15) is 0 Å². The van der Waals surface area contributed by atoms with E-state index < -0.39 is 0 Å². The molecule has 1 N–H and O–H groups in total. The van der Waals surface area contributed by atoms with Gasteiger partial charge in [-0.05, 0) is 114 Å². The number of piperidine rings is 2. The zero-order valence-corrected chi connectivity index (χ0v) is 27.0. The van der Waals surface area contributed by atoms with Crippen molar-refractivity contribution in [1.29, 1.82) is 0 Å². The fraction of sp³-hybridized carbons (Fsp3) is 0.636. The highest BCUT2D eigenvalue weighted by Gasteiger charge is 2.38. The van der Waals surface area contributed by atoms with Crippen LogP contribution in [0.1, 0.15) is 74.4 Å². The number of aromatic nitrogens is 1. The van der Waals surface area contributed by atoms with Crippen LogP contribution in [-0.4, -0.2) is 83.5 Å². The van der Waals surface area contributed by atoms with E-state index in [-0.39, 0.29) is 6.04 Å². The number of likely N-dealkylation sites (tertiary alicyclic amines) is 1. The maximum absolute atomic E-state index is 13.4. The SMILES string of the molecule is CC(C)C1CN(C2CCN(C3c4ccc(Cl)cc4CCc4cc(Br)cnc43)CC2)CCN1C(=O)CC1CCNCC1. The summed E-state index contributed by atoms with van der Waals surface area (Å²) in [5, 5.41) is 4.25. The van der Waals surface area contributed by atoms with Gasteiger partial charge in [0.2, 0.25) is 5.91 Å². The van der Waals surface area contributed by atoms with Crippen LogP contribution in [0.5, 0.6) is 0 Å². The third kappa shape index (κ3) is 6.54. The molecule has 6 nitrogen and oxygen atoms in total. The molecule has 4 aliphatic rings. The molecule has 6 rings (SSSR count). The Kier molecular flexibility index (Phi) is 9.38. The lowest BCUT2D eigenvalue weighted by atomic mass is 9.91. The van der Waals surface area contributed by atoms with Crippen LogP contribution in [0.25, 0.3) is 0 Å². The number of fused-ring (bicyclic) bond motifs is 2. The molecular weight excluding hydrogens is 598 g/mol. The average Bonchev–Trinajstić information content (AvgIpc) is 3.13. The van der Waals surface area contributed by atoms with Crippen LogP contribution in [0.2, 0.25) is 5.02 Å². The first kappa shape index (κ1) is 29.6. The van der Waals surface area contributed by atoms with Crippen molar-refractivity contribution in [3.8, 4) is 0 Å². The van der Waals surface area contributed by atoms with Crippen molar-refractivity contribution in [1.82, 2.24) is 25.0 Å². The number of benzene rings is 1. The second kappa shape index (κ2) is 13.0. The van der Waals surface area contributed by atoms with Gasteiger partial charge in [0.05, 0.1) is 11.7 Å². The Hall–Kier alpha value is -1.51. The third-order valence-electron chi connectivity index (χ3n) is 10.1. The summed E-state index contributed by atoms with van der Waals surface area (Å²) in [6.45, 7) is 11.7. The topological polar surface area (TPSA) is 51.7 Å². The number of rotatable bonds is 5. The van der Waals surface area contributed by atoms with Crippen LogP contribution in [0.3, 0.4) is 0 Å². The third-order valence-corrected chi connectivity index (χ3v) is 10.8. The van der Waals surface area contributed by atoms with E-state index in [1.54, 1.807) is 0 Å². The molecule has 1 aromatic heterocycles. The van der Waals surface area contributed by atoms with E-state index in [1.807, 2.05) is 12.3 Å². The van der Waals surface area contributed by atoms with E-state index >= 15 is 0 Å². The lowest BCUT2D eigenvalue weighted by Crippen LogP contribution is -2.60. The molecule has 0 bridgehead atoms. The maximum atomic E-state index is 13.4. The van der Waals surface area contributed by atoms with E-state index in [0.29, 0.717) is 29.8 Å². The number of nitrogens with zero attached hydrogens (tertiary/aromatic N) is 4. The largest absolute Gasteiger partial charge is 0.337 e. The number of pyridine rings is 1. The number of nitrogens with one attached hydrogen (secondary N) is 1. The van der Waals surface area contributed by atoms with E-state index in [2.05, 4.69) is 68.0 Å². The number of carbonyl (C=O) groups excluding carboxylic acids is 1. The summed E-state index contributed by atoms with van der Waals surface area (Å²) in [5.41, 5.74) is 5.25. The van der Waals surface area contributed by atoms with Gasteiger partial charge in [0.1, 0.15) is 0 Å². The number of aryl methyl sites for hydroxylation is 2. The molecule has 1 aliphatic carbocycles. The van der Waals surface area contributed by atoms with Crippen molar-refractivity contribution in [3.63, 3.8) is 0 Å². The molecule has 1 amide bonds. The van der Waals surface area contributed by atoms with E-state index in [1.165, 1.54) is 22.4 Å². The van der Waals surface area contributed by atoms with Gasteiger partial charge in [-0.1, -0.05) is 31.5 Å². The molecule has 0 spiro atoms. The van der Waals surface area contributed by atoms with Crippen LogP contribution in [0.15, 0.2) is 34.9 Å². The summed E-state index contributed by atoms with van der Waals surface area (Å²) in [6, 6.07) is 9.75. The summed E-state index contributed by atoms with van der Waals surface area (Å²) >= 11 is 10.1. The van der Waals surface area contributed by atoms with Gasteiger partial charge in [-0.25, -0.2) is 0 Å². The maximum Gasteiger partial charge on any atom is 0.223 e. The molecule has 2 aromatic rings. The normalized spacial score (nSPS) is 25.1. The second-order valence-corrected chi connectivity index (χ2v) is 14.4. The molecule has 4 heterocycles. The monoisotopic (exact) mass is 641 g/mol. The van der Waals surface area contributed by atoms with Crippen LogP contribution in [0.4, 0.5) is 0 Å². The minimum absolute atomic E-state index is 0.168. The number of hydrogen-bond acceptors (Lipinski definition) is 5. The minimum Gasteiger partial charge on any atom is -0.337 e. The summed E-state index contributed by atoms with van der Waals surface area (Å²) < 4.78 is 1.05. The first-order chi connectivity index (χ1) is 19.9. The highest BCUT2D eigenvalue weighted by atomic mass is 79.9. The van der Waals surface area contributed by atoms with Crippen LogP contribution < -0.4 is 5.32 Å². The van der Waals surface area contributed by atoms with Crippen molar-refractivity contribution in [2.75, 3.05) is 45.8 Å². The van der Waals surface area contributed by atoms with Crippen LogP contribution in [0, 0.1) is 11.8 Å². The summed E-state index contributed by atoms with van der Waals surface area (Å²) in [5.74, 6) is 1.39. The lowest BCUT2D eigenvalue weighted by Gasteiger charge is -2.48. The fourth-order valence-corrected chi connectivity index (χ4v) is 8.36. The first-order valence-corrected chi connectivity index (χ1v) is 17.0. The Morgan fingerprint density at radius 3 is 2.54 bits per heavy atom. The molecule has 0 saturated carbocycles. The molecule has 3 fully saturated rings.